The van der Waals surface area contributed by atoms with E-state index in [4.69, 9.17) is 10.5 Å². The smallest absolute Gasteiger partial charge is 0.266 e. The average Bonchev–Trinajstić information content (AvgIpc) is 2.90. The fourth-order valence-corrected chi connectivity index (χ4v) is 2.56. The molecule has 0 bridgehead atoms. The van der Waals surface area contributed by atoms with E-state index in [1.54, 1.807) is 24.3 Å². The normalized spacial score (nSPS) is 10.4. The van der Waals surface area contributed by atoms with Crippen molar-refractivity contribution in [1.82, 2.24) is 9.88 Å². The van der Waals surface area contributed by atoms with Gasteiger partial charge in [0.1, 0.15) is 4.88 Å². The Morgan fingerprint density at radius 3 is 2.90 bits per heavy atom. The third-order valence-corrected chi connectivity index (χ3v) is 3.74. The third-order valence-electron chi connectivity index (χ3n) is 2.82. The molecule has 2 heterocycles. The fourth-order valence-electron chi connectivity index (χ4n) is 1.78. The summed E-state index contributed by atoms with van der Waals surface area (Å²) in [6, 6.07) is 7.39. The summed E-state index contributed by atoms with van der Waals surface area (Å²) in [5.74, 6) is -0.0831. The molecular formula is C14H17N3O2S. The minimum atomic E-state index is -0.0831. The van der Waals surface area contributed by atoms with E-state index >= 15 is 0 Å². The van der Waals surface area contributed by atoms with Crippen molar-refractivity contribution >= 4 is 22.9 Å². The highest BCUT2D eigenvalue weighted by molar-refractivity contribution is 7.12. The van der Waals surface area contributed by atoms with Crippen LogP contribution in [-0.4, -0.2) is 36.1 Å². The van der Waals surface area contributed by atoms with Crippen molar-refractivity contribution in [3.05, 3.63) is 46.4 Å². The van der Waals surface area contributed by atoms with Crippen molar-refractivity contribution in [2.45, 2.75) is 6.54 Å². The van der Waals surface area contributed by atoms with Crippen LogP contribution in [0.3, 0.4) is 0 Å². The van der Waals surface area contributed by atoms with E-state index in [0.717, 1.165) is 5.69 Å². The first-order chi connectivity index (χ1) is 9.72. The molecule has 2 aromatic heterocycles. The molecule has 5 nitrogen and oxygen atoms in total. The Bertz CT molecular complexity index is 557. The lowest BCUT2D eigenvalue weighted by Gasteiger charge is -2.21. The van der Waals surface area contributed by atoms with Crippen molar-refractivity contribution in [2.75, 3.05) is 26.0 Å². The molecule has 0 unspecified atom stereocenters. The van der Waals surface area contributed by atoms with Gasteiger partial charge in [0.2, 0.25) is 0 Å². The zero-order valence-corrected chi connectivity index (χ0v) is 12.1. The lowest BCUT2D eigenvalue weighted by Crippen LogP contribution is -2.33. The first-order valence-electron chi connectivity index (χ1n) is 6.23. The number of hydrogen-bond donors (Lipinski definition) is 1. The minimum absolute atomic E-state index is 0.0831. The molecule has 2 aromatic rings. The van der Waals surface area contributed by atoms with Crippen LogP contribution in [0.4, 0.5) is 5.69 Å². The van der Waals surface area contributed by atoms with Crippen LogP contribution in [0.25, 0.3) is 0 Å². The Morgan fingerprint density at radius 2 is 2.30 bits per heavy atom. The first kappa shape index (κ1) is 14.5. The molecule has 2 rings (SSSR count). The molecule has 0 radical (unpaired) electrons. The van der Waals surface area contributed by atoms with Gasteiger partial charge in [-0.05, 0) is 23.6 Å². The molecule has 6 heteroatoms. The highest BCUT2D eigenvalue weighted by Gasteiger charge is 2.19. The van der Waals surface area contributed by atoms with Crippen molar-refractivity contribution in [3.63, 3.8) is 0 Å². The number of hydrogen-bond acceptors (Lipinski definition) is 5. The summed E-state index contributed by atoms with van der Waals surface area (Å²) in [5.41, 5.74) is 7.17. The second-order valence-corrected chi connectivity index (χ2v) is 5.16. The molecule has 0 saturated carbocycles. The van der Waals surface area contributed by atoms with Gasteiger partial charge < -0.3 is 15.4 Å². The SMILES string of the molecule is COCCN(Cc1ccccn1)C(=O)c1sccc1N. The van der Waals surface area contributed by atoms with Gasteiger partial charge in [-0.2, -0.15) is 0 Å². The molecule has 0 fully saturated rings. The van der Waals surface area contributed by atoms with Crippen LogP contribution in [0.2, 0.25) is 0 Å². The maximum absolute atomic E-state index is 12.5. The summed E-state index contributed by atoms with van der Waals surface area (Å²) in [6.07, 6.45) is 1.72. The topological polar surface area (TPSA) is 68.5 Å². The van der Waals surface area contributed by atoms with Gasteiger partial charge in [-0.15, -0.1) is 11.3 Å². The Kier molecular flexibility index (Phi) is 5.09. The van der Waals surface area contributed by atoms with Gasteiger partial charge in [-0.25, -0.2) is 0 Å². The van der Waals surface area contributed by atoms with Crippen molar-refractivity contribution in [2.24, 2.45) is 0 Å². The monoisotopic (exact) mass is 291 g/mol. The van der Waals surface area contributed by atoms with Gasteiger partial charge in [0, 0.05) is 19.9 Å². The largest absolute Gasteiger partial charge is 0.397 e. The molecule has 0 aliphatic heterocycles. The molecule has 0 aliphatic carbocycles. The Balaban J connectivity index is 2.15. The van der Waals surface area contributed by atoms with E-state index < -0.39 is 0 Å². The number of nitrogen functional groups attached to an aromatic ring is 1. The molecule has 0 atom stereocenters. The van der Waals surface area contributed by atoms with Crippen LogP contribution < -0.4 is 5.73 Å². The Hall–Kier alpha value is -1.92. The van der Waals surface area contributed by atoms with Crippen LogP contribution in [0, 0.1) is 0 Å². The van der Waals surface area contributed by atoms with Crippen molar-refractivity contribution in [3.8, 4) is 0 Å². The number of pyridine rings is 1. The summed E-state index contributed by atoms with van der Waals surface area (Å²) in [7, 11) is 1.61. The highest BCUT2D eigenvalue weighted by atomic mass is 32.1. The summed E-state index contributed by atoms with van der Waals surface area (Å²) in [6.45, 7) is 1.42. The quantitative estimate of drug-likeness (QED) is 0.884. The molecule has 20 heavy (non-hydrogen) atoms. The van der Waals surface area contributed by atoms with Crippen molar-refractivity contribution < 1.29 is 9.53 Å². The molecule has 0 aliphatic rings. The van der Waals surface area contributed by atoms with E-state index in [9.17, 15) is 4.79 Å². The van der Waals surface area contributed by atoms with Crippen LogP contribution >= 0.6 is 11.3 Å². The van der Waals surface area contributed by atoms with Gasteiger partial charge in [0.05, 0.1) is 24.5 Å². The highest BCUT2D eigenvalue weighted by Crippen LogP contribution is 2.21. The number of aromatic nitrogens is 1. The number of methoxy groups -OCH3 is 1. The summed E-state index contributed by atoms with van der Waals surface area (Å²) >= 11 is 1.35. The zero-order valence-electron chi connectivity index (χ0n) is 11.3. The van der Waals surface area contributed by atoms with Gasteiger partial charge in [0.25, 0.3) is 5.91 Å². The number of thiophene rings is 1. The Labute approximate surface area is 122 Å². The van der Waals surface area contributed by atoms with E-state index in [0.29, 0.717) is 30.3 Å². The molecule has 0 saturated heterocycles. The average molecular weight is 291 g/mol. The summed E-state index contributed by atoms with van der Waals surface area (Å²) < 4.78 is 5.07. The zero-order chi connectivity index (χ0) is 14.4. The predicted octanol–water partition coefficient (Wildman–Crippen LogP) is 2.01. The minimum Gasteiger partial charge on any atom is -0.397 e. The number of amides is 1. The van der Waals surface area contributed by atoms with Gasteiger partial charge in [-0.3, -0.25) is 9.78 Å². The van der Waals surface area contributed by atoms with Gasteiger partial charge >= 0.3 is 0 Å². The van der Waals surface area contributed by atoms with Crippen LogP contribution in [0.1, 0.15) is 15.4 Å². The maximum atomic E-state index is 12.5. The van der Waals surface area contributed by atoms with Crippen LogP contribution in [-0.2, 0) is 11.3 Å². The predicted molar refractivity (Wildman–Crippen MR) is 79.6 cm³/mol. The van der Waals surface area contributed by atoms with Crippen molar-refractivity contribution in [1.29, 1.82) is 0 Å². The second kappa shape index (κ2) is 7.02. The molecular weight excluding hydrogens is 274 g/mol. The number of nitrogens with two attached hydrogens (primary N) is 1. The van der Waals surface area contributed by atoms with E-state index in [2.05, 4.69) is 4.98 Å². The van der Waals surface area contributed by atoms with E-state index in [1.807, 2.05) is 23.6 Å². The summed E-state index contributed by atoms with van der Waals surface area (Å²) in [4.78, 5) is 19.0. The van der Waals surface area contributed by atoms with E-state index in [-0.39, 0.29) is 5.91 Å². The number of carbonyl (C=O) groups is 1. The number of nitrogens with zero attached hydrogens (tertiary/aromatic N) is 2. The second-order valence-electron chi connectivity index (χ2n) is 4.25. The molecule has 0 spiro atoms. The number of anilines is 1. The van der Waals surface area contributed by atoms with Crippen LogP contribution in [0.15, 0.2) is 35.8 Å². The molecule has 0 aromatic carbocycles. The Morgan fingerprint density at radius 1 is 1.45 bits per heavy atom. The number of carbonyl (C=O) groups excluding carboxylic acids is 1. The number of ether oxygens (including phenoxy) is 1. The molecule has 106 valence electrons. The molecule has 2 N–H and O–H groups in total. The third kappa shape index (κ3) is 3.55. The number of rotatable bonds is 6. The lowest BCUT2D eigenvalue weighted by atomic mass is 10.3. The van der Waals surface area contributed by atoms with E-state index in [1.165, 1.54) is 11.3 Å². The van der Waals surface area contributed by atoms with Gasteiger partial charge in [-0.1, -0.05) is 6.07 Å². The fraction of sp³-hybridized carbons (Fsp3) is 0.286. The molecule has 1 amide bonds. The summed E-state index contributed by atoms with van der Waals surface area (Å²) in [5, 5.41) is 1.82. The standard InChI is InChI=1S/C14H17N3O2S/c1-19-8-7-17(10-11-4-2-3-6-16-11)14(18)13-12(15)5-9-20-13/h2-6,9H,7-8,10,15H2,1H3. The lowest BCUT2D eigenvalue weighted by molar-refractivity contribution is 0.0683. The van der Waals surface area contributed by atoms with Gasteiger partial charge in [0.15, 0.2) is 0 Å². The first-order valence-corrected chi connectivity index (χ1v) is 7.11. The van der Waals surface area contributed by atoms with Crippen LogP contribution in [0.5, 0.6) is 0 Å². The maximum Gasteiger partial charge on any atom is 0.266 e.